The molecule has 16 heavy (non-hydrogen) atoms. The number of rotatable bonds is 3. The van der Waals surface area contributed by atoms with Gasteiger partial charge in [0.15, 0.2) is 0 Å². The zero-order chi connectivity index (χ0) is 12.1. The molecule has 0 saturated heterocycles. The van der Waals surface area contributed by atoms with Gasteiger partial charge in [-0.2, -0.15) is 5.26 Å². The number of carbonyl (C=O) groups excluding carboxylic acids is 1. The van der Waals surface area contributed by atoms with Gasteiger partial charge in [0, 0.05) is 0 Å². The molecule has 0 heterocycles. The van der Waals surface area contributed by atoms with Crippen molar-refractivity contribution < 1.29 is 13.9 Å². The number of benzene rings is 1. The van der Waals surface area contributed by atoms with Crippen LogP contribution in [0.15, 0.2) is 12.1 Å². The first kappa shape index (κ1) is 12.2. The minimum Gasteiger partial charge on any atom is -0.466 e. The van der Waals surface area contributed by atoms with E-state index in [-0.39, 0.29) is 12.0 Å². The first-order valence-corrected chi connectivity index (χ1v) is 4.93. The Morgan fingerprint density at radius 1 is 1.56 bits per heavy atom. The van der Waals surface area contributed by atoms with Gasteiger partial charge in [0.25, 0.3) is 0 Å². The third-order valence-corrected chi connectivity index (χ3v) is 2.18. The maximum Gasteiger partial charge on any atom is 0.310 e. The SMILES string of the molecule is CCOC(=O)Cc1c(C)cc(F)cc1C#N. The lowest BCUT2D eigenvalue weighted by Gasteiger charge is -2.07. The summed E-state index contributed by atoms with van der Waals surface area (Å²) in [4.78, 5) is 11.3. The minimum absolute atomic E-state index is 0.00282. The van der Waals surface area contributed by atoms with Crippen LogP contribution in [-0.4, -0.2) is 12.6 Å². The molecule has 84 valence electrons. The number of hydrogen-bond donors (Lipinski definition) is 0. The molecule has 3 nitrogen and oxygen atoms in total. The second kappa shape index (κ2) is 5.26. The molecule has 0 spiro atoms. The molecule has 0 radical (unpaired) electrons. The molecule has 1 aromatic carbocycles. The van der Waals surface area contributed by atoms with Crippen LogP contribution in [-0.2, 0) is 16.0 Å². The molecule has 1 aromatic rings. The molecule has 4 heteroatoms. The molecule has 0 atom stereocenters. The molecule has 0 bridgehead atoms. The molecular formula is C12H12FNO2. The van der Waals surface area contributed by atoms with Crippen LogP contribution in [0.2, 0.25) is 0 Å². The van der Waals surface area contributed by atoms with Gasteiger partial charge in [-0.1, -0.05) is 0 Å². The van der Waals surface area contributed by atoms with E-state index in [1.807, 2.05) is 6.07 Å². The van der Waals surface area contributed by atoms with Crippen molar-refractivity contribution in [2.45, 2.75) is 20.3 Å². The summed E-state index contributed by atoms with van der Waals surface area (Å²) < 4.78 is 17.8. The van der Waals surface area contributed by atoms with E-state index in [1.54, 1.807) is 13.8 Å². The van der Waals surface area contributed by atoms with E-state index in [9.17, 15) is 9.18 Å². The molecule has 0 aromatic heterocycles. The van der Waals surface area contributed by atoms with Crippen molar-refractivity contribution in [3.8, 4) is 6.07 Å². The van der Waals surface area contributed by atoms with Crippen LogP contribution in [0.1, 0.15) is 23.6 Å². The first-order chi connectivity index (χ1) is 7.58. The number of carbonyl (C=O) groups is 1. The predicted molar refractivity (Wildman–Crippen MR) is 56.2 cm³/mol. The van der Waals surface area contributed by atoms with Crippen LogP contribution in [0.3, 0.4) is 0 Å². The second-order valence-electron chi connectivity index (χ2n) is 3.34. The molecular weight excluding hydrogens is 209 g/mol. The van der Waals surface area contributed by atoms with Gasteiger partial charge >= 0.3 is 5.97 Å². The van der Waals surface area contributed by atoms with Gasteiger partial charge in [0.2, 0.25) is 0 Å². The predicted octanol–water partition coefficient (Wildman–Crippen LogP) is 2.11. The lowest BCUT2D eigenvalue weighted by atomic mass is 9.99. The third-order valence-electron chi connectivity index (χ3n) is 2.18. The summed E-state index contributed by atoms with van der Waals surface area (Å²) in [7, 11) is 0. The van der Waals surface area contributed by atoms with E-state index >= 15 is 0 Å². The van der Waals surface area contributed by atoms with Crippen molar-refractivity contribution in [3.63, 3.8) is 0 Å². The Bertz CT molecular complexity index is 449. The number of halogens is 1. The highest BCUT2D eigenvalue weighted by Gasteiger charge is 2.12. The van der Waals surface area contributed by atoms with Crippen LogP contribution in [0.5, 0.6) is 0 Å². The van der Waals surface area contributed by atoms with Crippen LogP contribution >= 0.6 is 0 Å². The van der Waals surface area contributed by atoms with Crippen LogP contribution in [0.25, 0.3) is 0 Å². The number of ether oxygens (including phenoxy) is 1. The molecule has 0 saturated carbocycles. The van der Waals surface area contributed by atoms with Crippen LogP contribution in [0, 0.1) is 24.1 Å². The summed E-state index contributed by atoms with van der Waals surface area (Å²) >= 11 is 0. The smallest absolute Gasteiger partial charge is 0.310 e. The Hall–Kier alpha value is -1.89. The normalized spacial score (nSPS) is 9.62. The summed E-state index contributed by atoms with van der Waals surface area (Å²) in [6, 6.07) is 4.30. The number of esters is 1. The zero-order valence-corrected chi connectivity index (χ0v) is 9.21. The second-order valence-corrected chi connectivity index (χ2v) is 3.34. The monoisotopic (exact) mass is 221 g/mol. The highest BCUT2D eigenvalue weighted by atomic mass is 19.1. The fourth-order valence-corrected chi connectivity index (χ4v) is 1.46. The molecule has 0 N–H and O–H groups in total. The van der Waals surface area contributed by atoms with Crippen LogP contribution in [0.4, 0.5) is 4.39 Å². The van der Waals surface area contributed by atoms with E-state index in [0.717, 1.165) is 6.07 Å². The Labute approximate surface area is 93.5 Å². The summed E-state index contributed by atoms with van der Waals surface area (Å²) in [6.07, 6.45) is 0.00282. The summed E-state index contributed by atoms with van der Waals surface area (Å²) in [6.45, 7) is 3.67. The zero-order valence-electron chi connectivity index (χ0n) is 9.21. The molecule has 0 aliphatic rings. The maximum atomic E-state index is 13.0. The summed E-state index contributed by atoms with van der Waals surface area (Å²) in [5.74, 6) is -0.879. The topological polar surface area (TPSA) is 50.1 Å². The van der Waals surface area contributed by atoms with E-state index in [2.05, 4.69) is 0 Å². The number of aryl methyl sites for hydroxylation is 1. The van der Waals surface area contributed by atoms with Crippen molar-refractivity contribution in [3.05, 3.63) is 34.6 Å². The molecule has 1 rings (SSSR count). The van der Waals surface area contributed by atoms with Crippen molar-refractivity contribution in [2.24, 2.45) is 0 Å². The van der Waals surface area contributed by atoms with Crippen molar-refractivity contribution in [1.82, 2.24) is 0 Å². The fourth-order valence-electron chi connectivity index (χ4n) is 1.46. The summed E-state index contributed by atoms with van der Waals surface area (Å²) in [5, 5.41) is 8.84. The average molecular weight is 221 g/mol. The van der Waals surface area contributed by atoms with Gasteiger partial charge in [0.1, 0.15) is 5.82 Å². The molecule has 0 aliphatic carbocycles. The van der Waals surface area contributed by atoms with Crippen molar-refractivity contribution >= 4 is 5.97 Å². The van der Waals surface area contributed by atoms with Gasteiger partial charge in [-0.15, -0.1) is 0 Å². The molecule has 0 amide bonds. The van der Waals surface area contributed by atoms with E-state index < -0.39 is 11.8 Å². The van der Waals surface area contributed by atoms with Gasteiger partial charge in [-0.3, -0.25) is 4.79 Å². The highest BCUT2D eigenvalue weighted by molar-refractivity contribution is 5.74. The lowest BCUT2D eigenvalue weighted by Crippen LogP contribution is -2.10. The first-order valence-electron chi connectivity index (χ1n) is 4.93. The third kappa shape index (κ3) is 2.80. The fraction of sp³-hybridized carbons (Fsp3) is 0.333. The van der Waals surface area contributed by atoms with Gasteiger partial charge in [-0.25, -0.2) is 4.39 Å². The average Bonchev–Trinajstić information content (AvgIpc) is 2.22. The summed E-state index contributed by atoms with van der Waals surface area (Å²) in [5.41, 5.74) is 1.30. The number of hydrogen-bond acceptors (Lipinski definition) is 3. The van der Waals surface area contributed by atoms with E-state index in [0.29, 0.717) is 17.7 Å². The number of nitrogens with zero attached hydrogens (tertiary/aromatic N) is 1. The number of nitriles is 1. The molecule has 0 unspecified atom stereocenters. The van der Waals surface area contributed by atoms with Gasteiger partial charge < -0.3 is 4.74 Å². The Morgan fingerprint density at radius 3 is 2.81 bits per heavy atom. The standard InChI is InChI=1S/C12H12FNO2/c1-3-16-12(15)6-11-8(2)4-10(13)5-9(11)7-14/h4-5H,3,6H2,1-2H3. The maximum absolute atomic E-state index is 13.0. The molecule has 0 fully saturated rings. The Kier molecular flexibility index (Phi) is 4.01. The van der Waals surface area contributed by atoms with Crippen molar-refractivity contribution in [2.75, 3.05) is 6.61 Å². The van der Waals surface area contributed by atoms with E-state index in [4.69, 9.17) is 10.00 Å². The molecule has 0 aliphatic heterocycles. The Balaban J connectivity index is 3.04. The van der Waals surface area contributed by atoms with E-state index in [1.165, 1.54) is 6.07 Å². The highest BCUT2D eigenvalue weighted by Crippen LogP contribution is 2.17. The lowest BCUT2D eigenvalue weighted by molar-refractivity contribution is -0.142. The quantitative estimate of drug-likeness (QED) is 0.734. The van der Waals surface area contributed by atoms with Gasteiger partial charge in [0.05, 0.1) is 24.7 Å². The van der Waals surface area contributed by atoms with Crippen molar-refractivity contribution in [1.29, 1.82) is 5.26 Å². The van der Waals surface area contributed by atoms with Crippen LogP contribution < -0.4 is 0 Å². The minimum atomic E-state index is -0.471. The largest absolute Gasteiger partial charge is 0.466 e. The van der Waals surface area contributed by atoms with Gasteiger partial charge in [-0.05, 0) is 37.1 Å². The Morgan fingerprint density at radius 2 is 2.25 bits per heavy atom.